The molecule has 1 aromatic carbocycles. The van der Waals surface area contributed by atoms with Crippen molar-refractivity contribution < 1.29 is 56.9 Å². The Morgan fingerprint density at radius 3 is 2.00 bits per heavy atom. The maximum atomic E-state index is 13.7. The Labute approximate surface area is 312 Å². The van der Waals surface area contributed by atoms with E-state index in [2.05, 4.69) is 0 Å². The smallest absolute Gasteiger partial charge is 0.323 e. The number of carbonyl (C=O) groups is 4. The monoisotopic (exact) mass is 832 g/mol. The zero-order valence-electron chi connectivity index (χ0n) is 26.5. The maximum absolute atomic E-state index is 13.7. The molecule has 1 amide bonds. The van der Waals surface area contributed by atoms with Gasteiger partial charge in [-0.2, -0.15) is 8.42 Å². The van der Waals surface area contributed by atoms with Gasteiger partial charge in [-0.15, -0.1) is 22.7 Å². The first-order valence-corrected chi connectivity index (χ1v) is 19.5. The van der Waals surface area contributed by atoms with E-state index in [0.29, 0.717) is 61.5 Å². The Balaban J connectivity index is 1.76. The fourth-order valence-electron chi connectivity index (χ4n) is 4.91. The van der Waals surface area contributed by atoms with Crippen LogP contribution in [0.15, 0.2) is 37.7 Å². The van der Waals surface area contributed by atoms with Crippen molar-refractivity contribution in [1.82, 2.24) is 14.0 Å². The van der Waals surface area contributed by atoms with Gasteiger partial charge in [0.1, 0.15) is 42.7 Å². The fourth-order valence-corrected chi connectivity index (χ4v) is 10.2. The van der Waals surface area contributed by atoms with Crippen LogP contribution in [0.25, 0.3) is 11.0 Å². The molecule has 0 saturated carbocycles. The molecule has 2 aliphatic rings. The summed E-state index contributed by atoms with van der Waals surface area (Å²) in [7, 11) is -1.56. The Bertz CT molecular complexity index is 2550. The molecule has 0 aliphatic carbocycles. The van der Waals surface area contributed by atoms with Crippen LogP contribution in [0.2, 0.25) is 0 Å². The third-order valence-corrected chi connectivity index (χ3v) is 12.9. The van der Waals surface area contributed by atoms with Crippen molar-refractivity contribution in [3.63, 3.8) is 0 Å². The number of carbonyl (C=O) groups excluding carboxylic acids is 1. The second-order valence-electron chi connectivity index (χ2n) is 10.4. The molecule has 0 unspecified atom stereocenters. The summed E-state index contributed by atoms with van der Waals surface area (Å²) in [5.74, 6) is -5.11. The van der Waals surface area contributed by atoms with Gasteiger partial charge in [0.2, 0.25) is 0 Å². The normalized spacial score (nSPS) is 17.3. The van der Waals surface area contributed by atoms with Crippen LogP contribution < -0.4 is 34.7 Å². The van der Waals surface area contributed by atoms with Crippen molar-refractivity contribution in [2.45, 2.75) is 18.0 Å². The van der Waals surface area contributed by atoms with Crippen LogP contribution in [0.4, 0.5) is 5.69 Å². The zero-order valence-corrected chi connectivity index (χ0v) is 31.4. The number of thioether (sulfide) groups is 2. The molecule has 18 nitrogen and oxygen atoms in total. The second kappa shape index (κ2) is 15.3. The first kappa shape index (κ1) is 38.8. The lowest BCUT2D eigenvalue weighted by Gasteiger charge is -2.20. The molecule has 276 valence electrons. The van der Waals surface area contributed by atoms with Crippen LogP contribution in [0, 0.1) is 9.20 Å². The van der Waals surface area contributed by atoms with Gasteiger partial charge in [-0.25, -0.2) is 0 Å². The lowest BCUT2D eigenvalue weighted by atomic mass is 10.2. The SMILES string of the molecule is COc1cc2c(cc1OC)N(CCS(=O)(=O)O)/C(=C\C=c1/s/c(=c3/s/c(=C4/SC(=S)N(CC(=O)O)C4=O)n(CC(=O)O)c3=O)n(CC(=O)O)c1=O)S2. The molecule has 1 saturated heterocycles. The highest BCUT2D eigenvalue weighted by Gasteiger charge is 2.36. The molecule has 4 N–H and O–H groups in total. The molecular weight excluding hydrogens is 809 g/mol. The number of thiazole rings is 2. The van der Waals surface area contributed by atoms with Gasteiger partial charge in [0.15, 0.2) is 11.5 Å². The number of anilines is 1. The summed E-state index contributed by atoms with van der Waals surface area (Å²) in [4.78, 5) is 78.2. The number of methoxy groups -OCH3 is 2. The highest BCUT2D eigenvalue weighted by molar-refractivity contribution is 8.30. The number of aromatic nitrogens is 2. The van der Waals surface area contributed by atoms with Crippen LogP contribution in [-0.4, -0.2) is 104 Å². The number of thiocarbonyl (C=S) groups is 1. The molecule has 24 heteroatoms. The van der Waals surface area contributed by atoms with E-state index in [1.54, 1.807) is 17.0 Å². The summed E-state index contributed by atoms with van der Waals surface area (Å²) < 4.78 is 44.2. The number of amides is 1. The third kappa shape index (κ3) is 7.96. The van der Waals surface area contributed by atoms with Crippen LogP contribution in [0.5, 0.6) is 11.5 Å². The molecular formula is C28H24N4O14S6. The number of aliphatic carboxylic acids is 3. The van der Waals surface area contributed by atoms with Gasteiger partial charge in [0.05, 0.1) is 35.2 Å². The zero-order chi connectivity index (χ0) is 38.2. The lowest BCUT2D eigenvalue weighted by molar-refractivity contribution is -0.140. The van der Waals surface area contributed by atoms with Crippen LogP contribution >= 0.6 is 58.4 Å². The first-order chi connectivity index (χ1) is 24.4. The number of ether oxygens (including phenoxy) is 2. The predicted molar refractivity (Wildman–Crippen MR) is 194 cm³/mol. The highest BCUT2D eigenvalue weighted by Crippen LogP contribution is 2.50. The van der Waals surface area contributed by atoms with E-state index in [0.717, 1.165) is 14.0 Å². The van der Waals surface area contributed by atoms with E-state index >= 15 is 0 Å². The molecule has 52 heavy (non-hydrogen) atoms. The van der Waals surface area contributed by atoms with Gasteiger partial charge in [-0.3, -0.25) is 47.4 Å². The van der Waals surface area contributed by atoms with E-state index < -0.39 is 70.4 Å². The molecule has 0 atom stereocenters. The Hall–Kier alpha value is -4.46. The van der Waals surface area contributed by atoms with Crippen molar-refractivity contribution in [1.29, 1.82) is 0 Å². The van der Waals surface area contributed by atoms with E-state index in [9.17, 15) is 57.1 Å². The number of hydrogen-bond donors (Lipinski definition) is 4. The molecule has 0 radical (unpaired) electrons. The summed E-state index contributed by atoms with van der Waals surface area (Å²) in [6.07, 6.45) is 2.79. The number of benzene rings is 1. The number of carboxylic acids is 3. The first-order valence-electron chi connectivity index (χ1n) is 14.2. The topological polar surface area (TPSA) is 252 Å². The third-order valence-electron chi connectivity index (χ3n) is 7.10. The number of fused-ring (bicyclic) bond motifs is 1. The van der Waals surface area contributed by atoms with Gasteiger partial charge in [-0.1, -0.05) is 35.7 Å². The molecule has 0 spiro atoms. The average molecular weight is 833 g/mol. The van der Waals surface area contributed by atoms with Gasteiger partial charge < -0.3 is 29.7 Å². The Kier molecular flexibility index (Phi) is 11.4. The summed E-state index contributed by atoms with van der Waals surface area (Å²) in [6, 6.07) is 3.25. The van der Waals surface area contributed by atoms with E-state index in [1.165, 1.54) is 38.1 Å². The molecule has 4 heterocycles. The van der Waals surface area contributed by atoms with Gasteiger partial charge in [0.25, 0.3) is 27.1 Å². The number of nitrogens with zero attached hydrogens (tertiary/aromatic N) is 4. The van der Waals surface area contributed by atoms with E-state index in [4.69, 9.17) is 21.7 Å². The summed E-state index contributed by atoms with van der Waals surface area (Å²) in [5, 5.41) is 28.8. The molecule has 0 bridgehead atoms. The van der Waals surface area contributed by atoms with Gasteiger partial charge >= 0.3 is 17.9 Å². The highest BCUT2D eigenvalue weighted by atomic mass is 32.2. The molecule has 1 fully saturated rings. The minimum Gasteiger partial charge on any atom is -0.493 e. The quantitative estimate of drug-likeness (QED) is 0.136. The maximum Gasteiger partial charge on any atom is 0.323 e. The molecule has 2 aliphatic heterocycles. The van der Waals surface area contributed by atoms with Crippen molar-refractivity contribution in [2.75, 3.05) is 38.0 Å². The van der Waals surface area contributed by atoms with Crippen molar-refractivity contribution in [2.24, 2.45) is 0 Å². The molecule has 5 rings (SSSR count). The van der Waals surface area contributed by atoms with Crippen LogP contribution in [-0.2, 0) is 42.4 Å². The second-order valence-corrected chi connectivity index (χ2v) is 16.8. The predicted octanol–water partition coefficient (Wildman–Crippen LogP) is -0.219. The average Bonchev–Trinajstić information content (AvgIpc) is 3.75. The minimum absolute atomic E-state index is 0.0721. The van der Waals surface area contributed by atoms with Crippen molar-refractivity contribution >= 4 is 113 Å². The standard InChI is InChI=1S/C28H24N4O14S6/c1-45-13-7-12-16(8-14(13)46-2)48-17(29(12)5-6-52(42,43)44)4-3-15-23(39)30(9-18(33)34)26(49-15)21-24(40)31(10-19(35)36)27(50-21)22-25(41)32(11-20(37)38)28(47)51-22/h3-4,7-8H,5-6,9-11H2,1-2H3,(H,33,34)(H,35,36)(H,37,38)(H,42,43,44)/b15-3-,17-4+,26-21+,27-22+. The number of hydrogen-bond acceptors (Lipinski definition) is 16. The largest absolute Gasteiger partial charge is 0.493 e. The molecule has 3 aromatic rings. The fraction of sp³-hybridized carbons (Fsp3) is 0.250. The molecule has 2 aromatic heterocycles. The van der Waals surface area contributed by atoms with Crippen molar-refractivity contribution in [3.05, 3.63) is 62.3 Å². The number of allylic oxidation sites excluding steroid dienone is 1. The van der Waals surface area contributed by atoms with E-state index in [-0.39, 0.29) is 34.2 Å². The van der Waals surface area contributed by atoms with Gasteiger partial charge in [0, 0.05) is 23.6 Å². The van der Waals surface area contributed by atoms with Crippen LogP contribution in [0.1, 0.15) is 0 Å². The number of carboxylic acid groups (broad SMARTS) is 3. The van der Waals surface area contributed by atoms with Crippen LogP contribution in [0.3, 0.4) is 0 Å². The minimum atomic E-state index is -4.40. The van der Waals surface area contributed by atoms with E-state index in [1.807, 2.05) is 0 Å². The Morgan fingerprint density at radius 2 is 1.42 bits per heavy atom. The summed E-state index contributed by atoms with van der Waals surface area (Å²) >= 11 is 8.27. The summed E-state index contributed by atoms with van der Waals surface area (Å²) in [5.41, 5.74) is -1.29. The number of rotatable bonds is 12. The summed E-state index contributed by atoms with van der Waals surface area (Å²) in [6.45, 7) is -2.83. The lowest BCUT2D eigenvalue weighted by Crippen LogP contribution is -2.35. The van der Waals surface area contributed by atoms with Gasteiger partial charge in [-0.05, 0) is 12.2 Å². The Morgan fingerprint density at radius 1 is 0.827 bits per heavy atom. The van der Waals surface area contributed by atoms with Crippen molar-refractivity contribution in [3.8, 4) is 11.5 Å².